The van der Waals surface area contributed by atoms with Crippen LogP contribution in [-0.4, -0.2) is 33.2 Å². The Balaban J connectivity index is 1.49. The first-order chi connectivity index (χ1) is 13.6. The maximum atomic E-state index is 13.0. The fraction of sp³-hybridized carbons (Fsp3) is 0.227. The van der Waals surface area contributed by atoms with Crippen molar-refractivity contribution in [3.63, 3.8) is 0 Å². The minimum Gasteiger partial charge on any atom is -0.344 e. The molecule has 0 bridgehead atoms. The van der Waals surface area contributed by atoms with Crippen molar-refractivity contribution in [2.45, 2.75) is 25.9 Å². The third-order valence-electron chi connectivity index (χ3n) is 5.13. The van der Waals surface area contributed by atoms with Gasteiger partial charge in [-0.25, -0.2) is 4.98 Å². The predicted molar refractivity (Wildman–Crippen MR) is 106 cm³/mol. The summed E-state index contributed by atoms with van der Waals surface area (Å²) >= 11 is 0. The second-order valence-electron chi connectivity index (χ2n) is 6.98. The average molecular weight is 374 g/mol. The highest BCUT2D eigenvalue weighted by atomic mass is 16.2. The number of aromatic amines is 1. The molecule has 1 aliphatic rings. The van der Waals surface area contributed by atoms with E-state index in [0.29, 0.717) is 13.1 Å². The second-order valence-corrected chi connectivity index (χ2v) is 6.98. The number of imidazole rings is 1. The molecule has 6 heteroatoms. The summed E-state index contributed by atoms with van der Waals surface area (Å²) in [5, 5.41) is 2.92. The highest BCUT2D eigenvalue weighted by Crippen LogP contribution is 2.21. The lowest BCUT2D eigenvalue weighted by atomic mass is 9.99. The lowest BCUT2D eigenvalue weighted by molar-refractivity contribution is 0.0722. The number of rotatable bonds is 4. The lowest BCUT2D eigenvalue weighted by Gasteiger charge is -2.28. The van der Waals surface area contributed by atoms with Gasteiger partial charge in [-0.15, -0.1) is 0 Å². The van der Waals surface area contributed by atoms with E-state index in [4.69, 9.17) is 0 Å². The summed E-state index contributed by atoms with van der Waals surface area (Å²) in [6.45, 7) is 3.06. The Morgan fingerprint density at radius 1 is 1.07 bits per heavy atom. The number of hydrogen-bond acceptors (Lipinski definition) is 3. The number of aromatic nitrogens is 2. The van der Waals surface area contributed by atoms with Gasteiger partial charge in [0.1, 0.15) is 5.69 Å². The molecule has 0 fully saturated rings. The summed E-state index contributed by atoms with van der Waals surface area (Å²) in [7, 11) is 0. The normalized spacial score (nSPS) is 14.2. The van der Waals surface area contributed by atoms with Gasteiger partial charge in [0, 0.05) is 13.1 Å². The van der Waals surface area contributed by atoms with Crippen molar-refractivity contribution in [3.05, 3.63) is 89.0 Å². The van der Waals surface area contributed by atoms with Gasteiger partial charge in [0.15, 0.2) is 5.69 Å². The Labute approximate surface area is 163 Å². The Hall–Kier alpha value is -3.41. The SMILES string of the molecule is C[C@H](NC(=O)c1nc[nH]c1C(=O)N1CCc2ccccc2C1)c1ccccc1. The first-order valence-corrected chi connectivity index (χ1v) is 9.38. The van der Waals surface area contributed by atoms with Crippen LogP contribution < -0.4 is 5.32 Å². The monoisotopic (exact) mass is 374 g/mol. The van der Waals surface area contributed by atoms with Gasteiger partial charge in [0.05, 0.1) is 12.4 Å². The molecule has 28 heavy (non-hydrogen) atoms. The Bertz CT molecular complexity index is 997. The van der Waals surface area contributed by atoms with E-state index in [0.717, 1.165) is 17.5 Å². The van der Waals surface area contributed by atoms with Crippen molar-refractivity contribution in [3.8, 4) is 0 Å². The first-order valence-electron chi connectivity index (χ1n) is 9.38. The van der Waals surface area contributed by atoms with Crippen molar-refractivity contribution >= 4 is 11.8 Å². The van der Waals surface area contributed by atoms with Gasteiger partial charge in [0.2, 0.25) is 0 Å². The zero-order valence-electron chi connectivity index (χ0n) is 15.7. The third-order valence-corrected chi connectivity index (χ3v) is 5.13. The third kappa shape index (κ3) is 3.53. The van der Waals surface area contributed by atoms with Crippen LogP contribution in [0, 0.1) is 0 Å². The molecule has 4 rings (SSSR count). The number of carbonyl (C=O) groups excluding carboxylic acids is 2. The number of H-pyrrole nitrogens is 1. The number of carbonyl (C=O) groups is 2. The largest absolute Gasteiger partial charge is 0.344 e. The molecule has 2 amide bonds. The molecule has 2 heterocycles. The zero-order valence-corrected chi connectivity index (χ0v) is 15.7. The highest BCUT2D eigenvalue weighted by molar-refractivity contribution is 6.04. The summed E-state index contributed by atoms with van der Waals surface area (Å²) in [6.07, 6.45) is 2.20. The molecule has 0 spiro atoms. The molecule has 0 unspecified atom stereocenters. The van der Waals surface area contributed by atoms with Crippen LogP contribution in [0.25, 0.3) is 0 Å². The van der Waals surface area contributed by atoms with Gasteiger partial charge in [-0.1, -0.05) is 54.6 Å². The summed E-state index contributed by atoms with van der Waals surface area (Å²) in [4.78, 5) is 34.5. The summed E-state index contributed by atoms with van der Waals surface area (Å²) < 4.78 is 0. The molecule has 2 aromatic carbocycles. The van der Waals surface area contributed by atoms with E-state index in [9.17, 15) is 9.59 Å². The molecule has 0 saturated heterocycles. The number of nitrogens with zero attached hydrogens (tertiary/aromatic N) is 2. The van der Waals surface area contributed by atoms with E-state index in [2.05, 4.69) is 21.4 Å². The van der Waals surface area contributed by atoms with Crippen molar-refractivity contribution in [1.29, 1.82) is 0 Å². The molecule has 3 aromatic rings. The Kier molecular flexibility index (Phi) is 4.93. The predicted octanol–water partition coefficient (Wildman–Crippen LogP) is 3.10. The van der Waals surface area contributed by atoms with Crippen LogP contribution in [0.1, 0.15) is 50.6 Å². The number of amides is 2. The van der Waals surface area contributed by atoms with Crippen LogP contribution in [0.3, 0.4) is 0 Å². The molecule has 1 aromatic heterocycles. The highest BCUT2D eigenvalue weighted by Gasteiger charge is 2.27. The van der Waals surface area contributed by atoms with E-state index >= 15 is 0 Å². The molecule has 142 valence electrons. The van der Waals surface area contributed by atoms with Gasteiger partial charge >= 0.3 is 0 Å². The maximum absolute atomic E-state index is 13.0. The summed E-state index contributed by atoms with van der Waals surface area (Å²) in [5.74, 6) is -0.567. The maximum Gasteiger partial charge on any atom is 0.273 e. The lowest BCUT2D eigenvalue weighted by Crippen LogP contribution is -2.37. The van der Waals surface area contributed by atoms with Gasteiger partial charge in [-0.05, 0) is 30.0 Å². The topological polar surface area (TPSA) is 78.1 Å². The van der Waals surface area contributed by atoms with Crippen LogP contribution in [0.5, 0.6) is 0 Å². The van der Waals surface area contributed by atoms with Gasteiger partial charge in [0.25, 0.3) is 11.8 Å². The number of hydrogen-bond donors (Lipinski definition) is 2. The summed E-state index contributed by atoms with van der Waals surface area (Å²) in [6, 6.07) is 17.6. The van der Waals surface area contributed by atoms with Gasteiger partial charge < -0.3 is 15.2 Å². The quantitative estimate of drug-likeness (QED) is 0.737. The second kappa shape index (κ2) is 7.68. The number of benzene rings is 2. The van der Waals surface area contributed by atoms with Gasteiger partial charge in [-0.2, -0.15) is 0 Å². The molecule has 1 aliphatic heterocycles. The summed E-state index contributed by atoms with van der Waals surface area (Å²) in [5.41, 5.74) is 3.77. The Morgan fingerprint density at radius 3 is 2.57 bits per heavy atom. The molecular formula is C22H22N4O2. The van der Waals surface area contributed by atoms with Crippen molar-refractivity contribution in [2.24, 2.45) is 0 Å². The number of nitrogens with one attached hydrogen (secondary N) is 2. The fourth-order valence-electron chi connectivity index (χ4n) is 3.55. The van der Waals surface area contributed by atoms with Crippen molar-refractivity contribution < 1.29 is 9.59 Å². The zero-order chi connectivity index (χ0) is 19.5. The molecule has 2 N–H and O–H groups in total. The number of fused-ring (bicyclic) bond motifs is 1. The van der Waals surface area contributed by atoms with Crippen LogP contribution in [0.15, 0.2) is 60.9 Å². The minimum atomic E-state index is -0.363. The van der Waals surface area contributed by atoms with Crippen LogP contribution in [-0.2, 0) is 13.0 Å². The molecule has 6 nitrogen and oxygen atoms in total. The van der Waals surface area contributed by atoms with Crippen LogP contribution >= 0.6 is 0 Å². The molecule has 1 atom stereocenters. The minimum absolute atomic E-state index is 0.131. The first kappa shape index (κ1) is 18.0. The molecule has 0 aliphatic carbocycles. The molecule has 0 saturated carbocycles. The molecule has 0 radical (unpaired) electrons. The smallest absolute Gasteiger partial charge is 0.273 e. The van der Waals surface area contributed by atoms with E-state index < -0.39 is 0 Å². The van der Waals surface area contributed by atoms with Crippen molar-refractivity contribution in [2.75, 3.05) is 6.54 Å². The van der Waals surface area contributed by atoms with Crippen LogP contribution in [0.4, 0.5) is 0 Å². The van der Waals surface area contributed by atoms with E-state index in [1.807, 2.05) is 55.5 Å². The van der Waals surface area contributed by atoms with Crippen LogP contribution in [0.2, 0.25) is 0 Å². The van der Waals surface area contributed by atoms with Gasteiger partial charge in [-0.3, -0.25) is 9.59 Å². The van der Waals surface area contributed by atoms with E-state index in [-0.39, 0.29) is 29.2 Å². The Morgan fingerprint density at radius 2 is 1.79 bits per heavy atom. The molecular weight excluding hydrogens is 352 g/mol. The van der Waals surface area contributed by atoms with E-state index in [1.54, 1.807) is 4.90 Å². The van der Waals surface area contributed by atoms with Crippen molar-refractivity contribution in [1.82, 2.24) is 20.2 Å². The average Bonchev–Trinajstić information content (AvgIpc) is 3.23. The standard InChI is InChI=1S/C22H22N4O2/c1-15(16-7-3-2-4-8-16)25-21(27)19-20(24-14-23-19)22(28)26-12-11-17-9-5-6-10-18(17)13-26/h2-10,14-15H,11-13H2,1H3,(H,23,24)(H,25,27)/t15-/m0/s1. The van der Waals surface area contributed by atoms with E-state index in [1.165, 1.54) is 11.9 Å². The fourth-order valence-corrected chi connectivity index (χ4v) is 3.55.